The molecule has 1 heterocycles. The van der Waals surface area contributed by atoms with Crippen molar-refractivity contribution >= 4 is 29.0 Å². The zero-order valence-corrected chi connectivity index (χ0v) is 10.9. The van der Waals surface area contributed by atoms with E-state index in [0.29, 0.717) is 28.2 Å². The summed E-state index contributed by atoms with van der Waals surface area (Å²) in [4.78, 5) is 4.07. The van der Waals surface area contributed by atoms with E-state index in [4.69, 9.17) is 33.8 Å². The summed E-state index contributed by atoms with van der Waals surface area (Å²) in [5.74, 6) is 6.45. The molecule has 0 fully saturated rings. The molecule has 1 aromatic heterocycles. The van der Waals surface area contributed by atoms with Crippen LogP contribution < -0.4 is 16.0 Å². The molecule has 0 aliphatic carbocycles. The highest BCUT2D eigenvalue weighted by molar-refractivity contribution is 6.42. The molecular weight excluding hydrogens is 273 g/mol. The topological polar surface area (TPSA) is 60.2 Å². The minimum absolute atomic E-state index is 0.299. The standard InChI is InChI=1S/C12H11Cl2N3O/c13-9-4-1-5-10(11(9)14)18-7-8-3-2-6-16-12(8)17-15/h1-6H,7,15H2,(H,16,17). The third-order valence-electron chi connectivity index (χ3n) is 2.33. The van der Waals surface area contributed by atoms with Crippen LogP contribution in [0.1, 0.15) is 5.56 Å². The second-order valence-corrected chi connectivity index (χ2v) is 4.28. The third-order valence-corrected chi connectivity index (χ3v) is 3.13. The van der Waals surface area contributed by atoms with Crippen LogP contribution in [-0.2, 0) is 6.61 Å². The number of ether oxygens (including phenoxy) is 1. The van der Waals surface area contributed by atoms with Gasteiger partial charge < -0.3 is 10.2 Å². The quantitative estimate of drug-likeness (QED) is 0.668. The maximum Gasteiger partial charge on any atom is 0.146 e. The highest BCUT2D eigenvalue weighted by Gasteiger charge is 2.07. The van der Waals surface area contributed by atoms with Crippen LogP contribution in [0.25, 0.3) is 0 Å². The molecule has 2 aromatic rings. The lowest BCUT2D eigenvalue weighted by atomic mass is 10.2. The van der Waals surface area contributed by atoms with Gasteiger partial charge in [-0.2, -0.15) is 0 Å². The normalized spacial score (nSPS) is 10.2. The largest absolute Gasteiger partial charge is 0.487 e. The first-order chi connectivity index (χ1) is 8.72. The zero-order chi connectivity index (χ0) is 13.0. The lowest BCUT2D eigenvalue weighted by molar-refractivity contribution is 0.306. The van der Waals surface area contributed by atoms with Crippen LogP contribution >= 0.6 is 23.2 Å². The molecule has 3 N–H and O–H groups in total. The van der Waals surface area contributed by atoms with E-state index in [1.54, 1.807) is 30.5 Å². The first-order valence-electron chi connectivity index (χ1n) is 5.19. The number of rotatable bonds is 4. The molecule has 18 heavy (non-hydrogen) atoms. The zero-order valence-electron chi connectivity index (χ0n) is 9.36. The number of benzene rings is 1. The summed E-state index contributed by atoms with van der Waals surface area (Å²) in [5.41, 5.74) is 3.34. The second kappa shape index (κ2) is 5.91. The Morgan fingerprint density at radius 3 is 2.83 bits per heavy atom. The Labute approximate surface area is 115 Å². The number of halogens is 2. The first-order valence-corrected chi connectivity index (χ1v) is 5.95. The van der Waals surface area contributed by atoms with Crippen LogP contribution in [0.5, 0.6) is 5.75 Å². The fourth-order valence-electron chi connectivity index (χ4n) is 1.44. The number of hydrazine groups is 1. The van der Waals surface area contributed by atoms with E-state index < -0.39 is 0 Å². The van der Waals surface area contributed by atoms with Gasteiger partial charge in [0.2, 0.25) is 0 Å². The Kier molecular flexibility index (Phi) is 4.25. The van der Waals surface area contributed by atoms with E-state index in [1.165, 1.54) is 0 Å². The molecular formula is C12H11Cl2N3O. The molecule has 0 bridgehead atoms. The summed E-state index contributed by atoms with van der Waals surface area (Å²) in [7, 11) is 0. The van der Waals surface area contributed by atoms with Crippen LogP contribution in [0.2, 0.25) is 10.0 Å². The van der Waals surface area contributed by atoms with Crippen molar-refractivity contribution in [3.63, 3.8) is 0 Å². The number of nitrogen functional groups attached to an aromatic ring is 1. The van der Waals surface area contributed by atoms with Gasteiger partial charge in [0, 0.05) is 11.8 Å². The van der Waals surface area contributed by atoms with Crippen molar-refractivity contribution in [2.45, 2.75) is 6.61 Å². The van der Waals surface area contributed by atoms with Crippen molar-refractivity contribution in [1.29, 1.82) is 0 Å². The molecule has 0 aliphatic heterocycles. The highest BCUT2D eigenvalue weighted by atomic mass is 35.5. The predicted molar refractivity (Wildman–Crippen MR) is 72.8 cm³/mol. The summed E-state index contributed by atoms with van der Waals surface area (Å²) in [6, 6.07) is 8.89. The van der Waals surface area contributed by atoms with E-state index in [-0.39, 0.29) is 0 Å². The Morgan fingerprint density at radius 1 is 1.22 bits per heavy atom. The number of nitrogens with zero attached hydrogens (tertiary/aromatic N) is 1. The number of hydrogen-bond acceptors (Lipinski definition) is 4. The highest BCUT2D eigenvalue weighted by Crippen LogP contribution is 2.32. The molecule has 0 spiro atoms. The first kappa shape index (κ1) is 13.0. The summed E-state index contributed by atoms with van der Waals surface area (Å²) < 4.78 is 5.59. The Morgan fingerprint density at radius 2 is 2.06 bits per heavy atom. The second-order valence-electron chi connectivity index (χ2n) is 3.50. The average Bonchev–Trinajstić information content (AvgIpc) is 2.41. The molecule has 0 unspecified atom stereocenters. The number of aromatic nitrogens is 1. The van der Waals surface area contributed by atoms with Crippen LogP contribution in [0.3, 0.4) is 0 Å². The monoisotopic (exact) mass is 283 g/mol. The number of pyridine rings is 1. The van der Waals surface area contributed by atoms with Crippen LogP contribution in [0.15, 0.2) is 36.5 Å². The minimum atomic E-state index is 0.299. The van der Waals surface area contributed by atoms with Crippen molar-refractivity contribution in [2.24, 2.45) is 5.84 Å². The van der Waals surface area contributed by atoms with Crippen molar-refractivity contribution in [3.8, 4) is 5.75 Å². The van der Waals surface area contributed by atoms with Crippen molar-refractivity contribution in [1.82, 2.24) is 4.98 Å². The fraction of sp³-hybridized carbons (Fsp3) is 0.0833. The molecule has 0 radical (unpaired) electrons. The third kappa shape index (κ3) is 2.85. The Hall–Kier alpha value is -1.49. The van der Waals surface area contributed by atoms with Gasteiger partial charge in [-0.25, -0.2) is 10.8 Å². The van der Waals surface area contributed by atoms with Crippen LogP contribution in [0.4, 0.5) is 5.82 Å². The van der Waals surface area contributed by atoms with E-state index in [2.05, 4.69) is 10.4 Å². The molecule has 0 saturated carbocycles. The van der Waals surface area contributed by atoms with Gasteiger partial charge in [-0.05, 0) is 18.2 Å². The molecule has 0 saturated heterocycles. The van der Waals surface area contributed by atoms with Gasteiger partial charge in [-0.1, -0.05) is 35.3 Å². The summed E-state index contributed by atoms with van der Waals surface area (Å²) in [5, 5.41) is 0.850. The Balaban J connectivity index is 2.14. The van der Waals surface area contributed by atoms with E-state index in [0.717, 1.165) is 5.56 Å². The maximum atomic E-state index is 6.02. The summed E-state index contributed by atoms with van der Waals surface area (Å²) in [6.07, 6.45) is 1.64. The molecule has 0 aliphatic rings. The van der Waals surface area contributed by atoms with Gasteiger partial charge in [-0.15, -0.1) is 0 Å². The van der Waals surface area contributed by atoms with Crippen LogP contribution in [0, 0.1) is 0 Å². The van der Waals surface area contributed by atoms with Gasteiger partial charge in [0.1, 0.15) is 23.2 Å². The van der Waals surface area contributed by atoms with Gasteiger partial charge in [-0.3, -0.25) is 0 Å². The lowest BCUT2D eigenvalue weighted by Gasteiger charge is -2.11. The summed E-state index contributed by atoms with van der Waals surface area (Å²) >= 11 is 11.9. The molecule has 4 nitrogen and oxygen atoms in total. The summed E-state index contributed by atoms with van der Waals surface area (Å²) in [6.45, 7) is 0.299. The number of hydrogen-bond donors (Lipinski definition) is 2. The molecule has 94 valence electrons. The smallest absolute Gasteiger partial charge is 0.146 e. The molecule has 2 rings (SSSR count). The number of anilines is 1. The van der Waals surface area contributed by atoms with Gasteiger partial charge in [0.05, 0.1) is 5.02 Å². The molecule has 1 aromatic carbocycles. The minimum Gasteiger partial charge on any atom is -0.487 e. The molecule has 0 atom stereocenters. The molecule has 0 amide bonds. The SMILES string of the molecule is NNc1ncccc1COc1cccc(Cl)c1Cl. The van der Waals surface area contributed by atoms with Crippen LogP contribution in [-0.4, -0.2) is 4.98 Å². The van der Waals surface area contributed by atoms with Gasteiger partial charge in [0.15, 0.2) is 0 Å². The van der Waals surface area contributed by atoms with E-state index >= 15 is 0 Å². The van der Waals surface area contributed by atoms with Crippen molar-refractivity contribution in [2.75, 3.05) is 5.43 Å². The van der Waals surface area contributed by atoms with Gasteiger partial charge in [0.25, 0.3) is 0 Å². The van der Waals surface area contributed by atoms with Gasteiger partial charge >= 0.3 is 0 Å². The Bertz CT molecular complexity index is 549. The van der Waals surface area contributed by atoms with Crippen molar-refractivity contribution < 1.29 is 4.74 Å². The molecule has 6 heteroatoms. The fourth-order valence-corrected chi connectivity index (χ4v) is 1.78. The lowest BCUT2D eigenvalue weighted by Crippen LogP contribution is -2.12. The van der Waals surface area contributed by atoms with E-state index in [1.807, 2.05) is 6.07 Å². The number of nitrogens with one attached hydrogen (secondary N) is 1. The van der Waals surface area contributed by atoms with E-state index in [9.17, 15) is 0 Å². The van der Waals surface area contributed by atoms with Crippen molar-refractivity contribution in [3.05, 3.63) is 52.1 Å². The average molecular weight is 284 g/mol. The predicted octanol–water partition coefficient (Wildman–Crippen LogP) is 3.25. The number of nitrogens with two attached hydrogens (primary N) is 1. The maximum absolute atomic E-state index is 6.02.